The molecule has 0 saturated carbocycles. The number of pyridine rings is 1. The van der Waals surface area contributed by atoms with Gasteiger partial charge in [0, 0.05) is 30.5 Å². The molecule has 0 aliphatic rings. The lowest BCUT2D eigenvalue weighted by Gasteiger charge is -2.10. The normalized spacial score (nSPS) is 10.8. The zero-order valence-electron chi connectivity index (χ0n) is 12.7. The van der Waals surface area contributed by atoms with Crippen LogP contribution >= 0.6 is 0 Å². The minimum atomic E-state index is -0.625. The first-order valence-corrected chi connectivity index (χ1v) is 7.32. The summed E-state index contributed by atoms with van der Waals surface area (Å²) in [5, 5.41) is 3.08. The summed E-state index contributed by atoms with van der Waals surface area (Å²) in [4.78, 5) is 20.8. The van der Waals surface area contributed by atoms with Crippen LogP contribution in [-0.4, -0.2) is 24.9 Å². The summed E-state index contributed by atoms with van der Waals surface area (Å²) in [6.45, 7) is 0. The lowest BCUT2D eigenvalue weighted by molar-refractivity contribution is 0.602. The van der Waals surface area contributed by atoms with Crippen LogP contribution < -0.4 is 5.32 Å². The van der Waals surface area contributed by atoms with Crippen molar-refractivity contribution >= 4 is 22.7 Å². The maximum Gasteiger partial charge on any atom is 0.184 e. The highest BCUT2D eigenvalue weighted by Crippen LogP contribution is 2.26. The van der Waals surface area contributed by atoms with Crippen molar-refractivity contribution in [2.24, 2.45) is 0 Å². The first-order valence-electron chi connectivity index (χ1n) is 7.32. The molecule has 25 heavy (non-hydrogen) atoms. The SMILES string of the molecule is Fc1ccc(F)c(-c2nc(Nc3ccncc3)c3nccnc3n2)c1. The third-order valence-electron chi connectivity index (χ3n) is 3.45. The molecular formula is C17H10F2N6. The quantitative estimate of drug-likeness (QED) is 0.617. The van der Waals surface area contributed by atoms with E-state index in [-0.39, 0.29) is 17.0 Å². The molecule has 122 valence electrons. The Morgan fingerprint density at radius 3 is 2.48 bits per heavy atom. The Labute approximate surface area is 140 Å². The molecule has 6 nitrogen and oxygen atoms in total. The third-order valence-corrected chi connectivity index (χ3v) is 3.45. The number of nitrogens with one attached hydrogen (secondary N) is 1. The summed E-state index contributed by atoms with van der Waals surface area (Å²) < 4.78 is 27.6. The Morgan fingerprint density at radius 2 is 1.64 bits per heavy atom. The van der Waals surface area contributed by atoms with Crippen LogP contribution in [0, 0.1) is 11.6 Å². The number of hydrogen-bond donors (Lipinski definition) is 1. The fourth-order valence-electron chi connectivity index (χ4n) is 2.31. The van der Waals surface area contributed by atoms with Gasteiger partial charge in [-0.3, -0.25) is 4.98 Å². The van der Waals surface area contributed by atoms with Crippen molar-refractivity contribution in [1.82, 2.24) is 24.9 Å². The van der Waals surface area contributed by atoms with Crippen molar-refractivity contribution in [2.45, 2.75) is 0 Å². The molecule has 0 amide bonds. The van der Waals surface area contributed by atoms with Crippen molar-refractivity contribution in [2.75, 3.05) is 5.32 Å². The maximum atomic E-state index is 14.1. The largest absolute Gasteiger partial charge is 0.338 e. The number of hydrogen-bond acceptors (Lipinski definition) is 6. The second-order valence-electron chi connectivity index (χ2n) is 5.11. The molecular weight excluding hydrogens is 326 g/mol. The van der Waals surface area contributed by atoms with E-state index in [0.29, 0.717) is 17.0 Å². The molecule has 4 rings (SSSR count). The van der Waals surface area contributed by atoms with E-state index in [9.17, 15) is 8.78 Å². The Kier molecular flexibility index (Phi) is 3.70. The first kappa shape index (κ1) is 15.0. The molecule has 3 heterocycles. The molecule has 0 atom stereocenters. The van der Waals surface area contributed by atoms with Gasteiger partial charge in [-0.2, -0.15) is 0 Å². The number of fused-ring (bicyclic) bond motifs is 1. The highest BCUT2D eigenvalue weighted by molar-refractivity contribution is 5.86. The van der Waals surface area contributed by atoms with Gasteiger partial charge in [0.15, 0.2) is 22.8 Å². The molecule has 3 aromatic heterocycles. The van der Waals surface area contributed by atoms with E-state index in [1.165, 1.54) is 12.4 Å². The minimum absolute atomic E-state index is 0.0153. The van der Waals surface area contributed by atoms with Gasteiger partial charge in [-0.1, -0.05) is 0 Å². The first-order chi connectivity index (χ1) is 12.2. The lowest BCUT2D eigenvalue weighted by atomic mass is 10.2. The van der Waals surface area contributed by atoms with E-state index in [4.69, 9.17) is 0 Å². The maximum absolute atomic E-state index is 14.1. The molecule has 0 aliphatic heterocycles. The Hall–Kier alpha value is -3.55. The van der Waals surface area contributed by atoms with Crippen LogP contribution in [-0.2, 0) is 0 Å². The van der Waals surface area contributed by atoms with Gasteiger partial charge in [0.2, 0.25) is 0 Å². The lowest BCUT2D eigenvalue weighted by Crippen LogP contribution is -2.02. The van der Waals surface area contributed by atoms with Gasteiger partial charge in [0.1, 0.15) is 11.6 Å². The average Bonchev–Trinajstić information content (AvgIpc) is 2.64. The third kappa shape index (κ3) is 2.97. The van der Waals surface area contributed by atoms with Crippen molar-refractivity contribution in [3.05, 3.63) is 66.8 Å². The fraction of sp³-hybridized carbons (Fsp3) is 0. The summed E-state index contributed by atoms with van der Waals surface area (Å²) in [6.07, 6.45) is 6.21. The van der Waals surface area contributed by atoms with Gasteiger partial charge < -0.3 is 5.32 Å². The number of benzene rings is 1. The summed E-state index contributed by atoms with van der Waals surface area (Å²) in [7, 11) is 0. The zero-order chi connectivity index (χ0) is 17.2. The van der Waals surface area contributed by atoms with Crippen LogP contribution in [0.4, 0.5) is 20.3 Å². The van der Waals surface area contributed by atoms with E-state index in [2.05, 4.69) is 30.2 Å². The van der Waals surface area contributed by atoms with Crippen molar-refractivity contribution in [3.63, 3.8) is 0 Å². The van der Waals surface area contributed by atoms with E-state index < -0.39 is 11.6 Å². The van der Waals surface area contributed by atoms with Crippen LogP contribution in [0.1, 0.15) is 0 Å². The Morgan fingerprint density at radius 1 is 0.840 bits per heavy atom. The van der Waals surface area contributed by atoms with Crippen molar-refractivity contribution in [1.29, 1.82) is 0 Å². The fourth-order valence-corrected chi connectivity index (χ4v) is 2.31. The predicted molar refractivity (Wildman–Crippen MR) is 88.0 cm³/mol. The van der Waals surface area contributed by atoms with Crippen LogP contribution in [0.5, 0.6) is 0 Å². The molecule has 0 bridgehead atoms. The number of aromatic nitrogens is 5. The van der Waals surface area contributed by atoms with Gasteiger partial charge in [-0.05, 0) is 30.3 Å². The molecule has 0 unspecified atom stereocenters. The van der Waals surface area contributed by atoms with Gasteiger partial charge in [-0.15, -0.1) is 0 Å². The zero-order valence-corrected chi connectivity index (χ0v) is 12.7. The second-order valence-corrected chi connectivity index (χ2v) is 5.11. The monoisotopic (exact) mass is 336 g/mol. The molecule has 0 saturated heterocycles. The summed E-state index contributed by atoms with van der Waals surface area (Å²) >= 11 is 0. The molecule has 0 aliphatic carbocycles. The van der Waals surface area contributed by atoms with E-state index in [1.807, 2.05) is 0 Å². The van der Waals surface area contributed by atoms with E-state index in [1.54, 1.807) is 24.5 Å². The number of halogens is 2. The Bertz CT molecular complexity index is 1060. The van der Waals surface area contributed by atoms with E-state index in [0.717, 1.165) is 18.2 Å². The van der Waals surface area contributed by atoms with Gasteiger partial charge in [0.05, 0.1) is 5.56 Å². The molecule has 0 fully saturated rings. The predicted octanol–water partition coefficient (Wildman–Crippen LogP) is 3.50. The number of rotatable bonds is 3. The van der Waals surface area contributed by atoms with Crippen molar-refractivity contribution < 1.29 is 8.78 Å². The highest BCUT2D eigenvalue weighted by atomic mass is 19.1. The molecule has 0 spiro atoms. The van der Waals surface area contributed by atoms with Crippen molar-refractivity contribution in [3.8, 4) is 11.4 Å². The van der Waals surface area contributed by atoms with Crippen LogP contribution in [0.2, 0.25) is 0 Å². The van der Waals surface area contributed by atoms with Crippen LogP contribution in [0.25, 0.3) is 22.6 Å². The second kappa shape index (κ2) is 6.16. The highest BCUT2D eigenvalue weighted by Gasteiger charge is 2.15. The van der Waals surface area contributed by atoms with Gasteiger partial charge in [0.25, 0.3) is 0 Å². The summed E-state index contributed by atoms with van der Waals surface area (Å²) in [5.41, 5.74) is 1.35. The van der Waals surface area contributed by atoms with Gasteiger partial charge in [-0.25, -0.2) is 28.7 Å². The molecule has 1 aromatic carbocycles. The molecule has 8 heteroatoms. The number of nitrogens with zero attached hydrogens (tertiary/aromatic N) is 5. The van der Waals surface area contributed by atoms with E-state index >= 15 is 0 Å². The minimum Gasteiger partial charge on any atom is -0.338 e. The van der Waals surface area contributed by atoms with Crippen LogP contribution in [0.15, 0.2) is 55.1 Å². The molecule has 1 N–H and O–H groups in total. The summed E-state index contributed by atoms with van der Waals surface area (Å²) in [5.74, 6) is -0.855. The molecule has 4 aromatic rings. The topological polar surface area (TPSA) is 76.5 Å². The smallest absolute Gasteiger partial charge is 0.184 e. The standard InChI is InChI=1S/C17H10F2N6/c18-10-1-2-13(19)12(9-10)15-24-16-14(21-7-8-22-16)17(25-15)23-11-3-5-20-6-4-11/h1-9H,(H,20,22,23,24,25). The average molecular weight is 336 g/mol. The molecule has 0 radical (unpaired) electrons. The Balaban J connectivity index is 1.91. The van der Waals surface area contributed by atoms with Crippen LogP contribution in [0.3, 0.4) is 0 Å². The van der Waals surface area contributed by atoms with Gasteiger partial charge >= 0.3 is 0 Å². The summed E-state index contributed by atoms with van der Waals surface area (Å²) in [6, 6.07) is 6.60. The number of anilines is 2.